The van der Waals surface area contributed by atoms with E-state index in [2.05, 4.69) is 299 Å². The van der Waals surface area contributed by atoms with Gasteiger partial charge in [0.1, 0.15) is 0 Å². The number of nitrogens with zero attached hydrogens (tertiary/aromatic N) is 1. The maximum atomic E-state index is 4.03. The van der Waals surface area contributed by atoms with Crippen LogP contribution < -0.4 is 10.2 Å². The summed E-state index contributed by atoms with van der Waals surface area (Å²) in [5.41, 5.74) is 27.9. The van der Waals surface area contributed by atoms with Crippen molar-refractivity contribution in [2.24, 2.45) is 0 Å². The Hall–Kier alpha value is -9.76. The summed E-state index contributed by atoms with van der Waals surface area (Å²) < 4.78 is 0. The van der Waals surface area contributed by atoms with E-state index in [1.807, 2.05) is 0 Å². The SMILES string of the molecule is CC1(C)c2ccccc2Nc2c(-c3cccc4c(-c5cc6ccccc6c6c5C5(c7ccccc7-c7ccccc75)c5ccccc5-6)c5cccc(-c6cccc7c6N(c6ccccc6)c6ccccc6C7(C)C)c5cc34)cccc21. The fraction of sp³-hybridized carbons (Fsp3) is 0.0886. The second-order valence-corrected chi connectivity index (χ2v) is 23.9. The van der Waals surface area contributed by atoms with Crippen LogP contribution in [0.25, 0.3) is 88.0 Å². The van der Waals surface area contributed by atoms with Crippen LogP contribution in [0.5, 0.6) is 0 Å². The lowest BCUT2D eigenvalue weighted by Crippen LogP contribution is -2.31. The molecule has 81 heavy (non-hydrogen) atoms. The highest BCUT2D eigenvalue weighted by Crippen LogP contribution is 2.67. The summed E-state index contributed by atoms with van der Waals surface area (Å²) in [6, 6.07) is 99.2. The first-order valence-corrected chi connectivity index (χ1v) is 28.7. The molecule has 2 heterocycles. The van der Waals surface area contributed by atoms with Crippen molar-refractivity contribution in [3.05, 3.63) is 305 Å². The van der Waals surface area contributed by atoms with Gasteiger partial charge in [-0.3, -0.25) is 0 Å². The van der Waals surface area contributed by atoms with E-state index in [1.54, 1.807) is 0 Å². The molecule has 0 radical (unpaired) electrons. The molecule has 2 aliphatic carbocycles. The van der Waals surface area contributed by atoms with Crippen LogP contribution in [0.1, 0.15) is 72.2 Å². The van der Waals surface area contributed by atoms with Crippen molar-refractivity contribution in [2.75, 3.05) is 10.2 Å². The Kier molecular flexibility index (Phi) is 9.49. The van der Waals surface area contributed by atoms with Gasteiger partial charge in [0.25, 0.3) is 0 Å². The number of nitrogens with one attached hydrogen (secondary N) is 1. The Balaban J connectivity index is 1.05. The van der Waals surface area contributed by atoms with Gasteiger partial charge in [-0.25, -0.2) is 0 Å². The maximum absolute atomic E-state index is 4.03. The normalized spacial score (nSPS) is 15.0. The number of para-hydroxylation sites is 5. The van der Waals surface area contributed by atoms with Crippen LogP contribution in [-0.4, -0.2) is 0 Å². The van der Waals surface area contributed by atoms with Gasteiger partial charge in [0.2, 0.25) is 0 Å². The molecule has 13 aromatic rings. The highest BCUT2D eigenvalue weighted by atomic mass is 15.2. The van der Waals surface area contributed by atoms with Crippen LogP contribution in [-0.2, 0) is 16.2 Å². The molecular formula is C79H56N2. The largest absolute Gasteiger partial charge is 0.355 e. The standard InChI is InChI=1S/C79H56N2/c1-77(2)66-40-16-18-44-70(66)80-75-57(35-22-42-68(75)77)51-31-20-33-55-60(51)47-61-52(58-36-23-43-69-76(58)81(49-25-6-5-7-26-49)71-45-19-17-41-67(71)78(69,3)4)32-21-34-56(61)72(55)62-46-48-24-8-9-27-50(48)73-59-30-12-15-39-65(59)79(74(62)73)63-37-13-10-28-53(63)54-29-11-14-38-64(54)79/h5-47,80H,1-4H3. The van der Waals surface area contributed by atoms with Gasteiger partial charge in [-0.2, -0.15) is 0 Å². The van der Waals surface area contributed by atoms with E-state index in [1.165, 1.54) is 150 Å². The van der Waals surface area contributed by atoms with E-state index >= 15 is 0 Å². The van der Waals surface area contributed by atoms with E-state index in [-0.39, 0.29) is 10.8 Å². The molecule has 0 amide bonds. The summed E-state index contributed by atoms with van der Waals surface area (Å²) in [6.45, 7) is 9.56. The van der Waals surface area contributed by atoms with Gasteiger partial charge in [-0.1, -0.05) is 252 Å². The topological polar surface area (TPSA) is 15.3 Å². The minimum absolute atomic E-state index is 0.227. The van der Waals surface area contributed by atoms with E-state index < -0.39 is 5.41 Å². The van der Waals surface area contributed by atoms with Crippen LogP contribution in [0.15, 0.2) is 261 Å². The number of anilines is 5. The molecule has 2 nitrogen and oxygen atoms in total. The predicted octanol–water partition coefficient (Wildman–Crippen LogP) is 21.0. The molecule has 0 fully saturated rings. The minimum Gasteiger partial charge on any atom is -0.355 e. The van der Waals surface area contributed by atoms with Crippen molar-refractivity contribution >= 4 is 60.8 Å². The van der Waals surface area contributed by atoms with Crippen molar-refractivity contribution < 1.29 is 0 Å². The lowest BCUT2D eigenvalue weighted by molar-refractivity contribution is 0.632. The Labute approximate surface area is 473 Å². The van der Waals surface area contributed by atoms with Crippen LogP contribution >= 0.6 is 0 Å². The van der Waals surface area contributed by atoms with Crippen molar-refractivity contribution in [1.29, 1.82) is 0 Å². The summed E-state index contributed by atoms with van der Waals surface area (Å²) >= 11 is 0. The van der Waals surface area contributed by atoms with Crippen molar-refractivity contribution in [2.45, 2.75) is 43.9 Å². The molecule has 0 aromatic heterocycles. The molecule has 4 aliphatic rings. The minimum atomic E-state index is -0.600. The molecule has 1 N–H and O–H groups in total. The number of hydrogen-bond acceptors (Lipinski definition) is 2. The van der Waals surface area contributed by atoms with Gasteiger partial charge in [-0.15, -0.1) is 0 Å². The van der Waals surface area contributed by atoms with Gasteiger partial charge >= 0.3 is 0 Å². The van der Waals surface area contributed by atoms with Gasteiger partial charge in [0.15, 0.2) is 0 Å². The molecule has 382 valence electrons. The van der Waals surface area contributed by atoms with Crippen LogP contribution in [0, 0.1) is 0 Å². The molecule has 2 heteroatoms. The second-order valence-electron chi connectivity index (χ2n) is 23.9. The number of rotatable bonds is 4. The molecule has 0 atom stereocenters. The van der Waals surface area contributed by atoms with Gasteiger partial charge in [0, 0.05) is 33.3 Å². The molecule has 0 saturated heterocycles. The first kappa shape index (κ1) is 46.2. The summed E-state index contributed by atoms with van der Waals surface area (Å²) in [5.74, 6) is 0. The Morgan fingerprint density at radius 1 is 0.309 bits per heavy atom. The zero-order valence-electron chi connectivity index (χ0n) is 45.8. The summed E-state index contributed by atoms with van der Waals surface area (Å²) in [5, 5.41) is 11.4. The van der Waals surface area contributed by atoms with Crippen molar-refractivity contribution in [1.82, 2.24) is 0 Å². The Morgan fingerprint density at radius 2 is 0.790 bits per heavy atom. The number of hydrogen-bond donors (Lipinski definition) is 1. The first-order valence-electron chi connectivity index (χ1n) is 28.7. The third kappa shape index (κ3) is 6.06. The summed E-state index contributed by atoms with van der Waals surface area (Å²) in [4.78, 5) is 2.53. The third-order valence-corrected chi connectivity index (χ3v) is 19.2. The number of benzene rings is 13. The van der Waals surface area contributed by atoms with E-state index in [9.17, 15) is 0 Å². The quantitative estimate of drug-likeness (QED) is 0.177. The van der Waals surface area contributed by atoms with Crippen LogP contribution in [0.4, 0.5) is 28.4 Å². The summed E-state index contributed by atoms with van der Waals surface area (Å²) in [6.07, 6.45) is 0. The fourth-order valence-electron chi connectivity index (χ4n) is 15.8. The Morgan fingerprint density at radius 3 is 1.51 bits per heavy atom. The Bertz CT molecular complexity index is 4820. The molecule has 0 unspecified atom stereocenters. The molecule has 13 aromatic carbocycles. The van der Waals surface area contributed by atoms with E-state index in [0.717, 1.165) is 11.4 Å². The zero-order valence-corrected chi connectivity index (χ0v) is 45.8. The third-order valence-electron chi connectivity index (χ3n) is 19.2. The van der Waals surface area contributed by atoms with Crippen molar-refractivity contribution in [3.8, 4) is 55.6 Å². The number of fused-ring (bicyclic) bond motifs is 18. The predicted molar refractivity (Wildman–Crippen MR) is 340 cm³/mol. The smallest absolute Gasteiger partial charge is 0.0731 e. The van der Waals surface area contributed by atoms with Crippen LogP contribution in [0.2, 0.25) is 0 Å². The van der Waals surface area contributed by atoms with E-state index in [0.29, 0.717) is 0 Å². The van der Waals surface area contributed by atoms with Crippen LogP contribution in [0.3, 0.4) is 0 Å². The lowest BCUT2D eigenvalue weighted by atomic mass is 9.68. The summed E-state index contributed by atoms with van der Waals surface area (Å²) in [7, 11) is 0. The molecule has 2 aliphatic heterocycles. The average molecular weight is 1030 g/mol. The molecular weight excluding hydrogens is 977 g/mol. The highest BCUT2D eigenvalue weighted by Gasteiger charge is 2.53. The molecule has 17 rings (SSSR count). The van der Waals surface area contributed by atoms with Gasteiger partial charge in [-0.05, 0) is 158 Å². The first-order chi connectivity index (χ1) is 39.7. The zero-order chi connectivity index (χ0) is 53.9. The van der Waals surface area contributed by atoms with Crippen molar-refractivity contribution in [3.63, 3.8) is 0 Å². The fourth-order valence-corrected chi connectivity index (χ4v) is 15.8. The molecule has 1 spiro atoms. The second kappa shape index (κ2) is 16.6. The average Bonchev–Trinajstić information content (AvgIpc) is 2.15. The molecule has 0 bridgehead atoms. The maximum Gasteiger partial charge on any atom is 0.0731 e. The molecule has 0 saturated carbocycles. The van der Waals surface area contributed by atoms with Gasteiger partial charge < -0.3 is 10.2 Å². The lowest BCUT2D eigenvalue weighted by Gasteiger charge is -2.43. The van der Waals surface area contributed by atoms with Gasteiger partial charge in [0.05, 0.1) is 22.5 Å². The monoisotopic (exact) mass is 1030 g/mol. The highest BCUT2D eigenvalue weighted by molar-refractivity contribution is 6.23. The van der Waals surface area contributed by atoms with E-state index in [4.69, 9.17) is 0 Å².